The lowest BCUT2D eigenvalue weighted by atomic mass is 9.81. The monoisotopic (exact) mass is 744 g/mol. The van der Waals surface area contributed by atoms with E-state index >= 15 is 0 Å². The standard InChI is InChI=1S/C56H44N2/c1-56(2,3)43-36-41-28-34-50-52(39-24-30-48(31-25-39)57(44-16-8-4-9-17-44)45-18-10-5-11-19-45)38-53(51-35-29-42(37-43)54(41)55(50)51)40-26-32-49(33-27-40)58(46-20-12-6-13-21-46)47-22-14-7-15-23-47/h4-38H,1-3H3. The van der Waals surface area contributed by atoms with Gasteiger partial charge >= 0.3 is 0 Å². The largest absolute Gasteiger partial charge is 0.311 e. The molecule has 10 aromatic carbocycles. The fourth-order valence-corrected chi connectivity index (χ4v) is 8.61. The van der Waals surface area contributed by atoms with Crippen LogP contribution in [0.2, 0.25) is 0 Å². The van der Waals surface area contributed by atoms with Gasteiger partial charge < -0.3 is 9.80 Å². The van der Waals surface area contributed by atoms with Crippen LogP contribution in [-0.2, 0) is 5.41 Å². The Morgan fingerprint density at radius 3 is 0.966 bits per heavy atom. The molecule has 0 atom stereocenters. The predicted octanol–water partition coefficient (Wildman–Crippen LogP) is 16.2. The second kappa shape index (κ2) is 14.4. The Labute approximate surface area is 341 Å². The molecule has 10 rings (SSSR count). The molecule has 2 nitrogen and oxygen atoms in total. The van der Waals surface area contributed by atoms with Crippen molar-refractivity contribution in [2.75, 3.05) is 9.80 Å². The van der Waals surface area contributed by atoms with Gasteiger partial charge in [0, 0.05) is 34.1 Å². The predicted molar refractivity (Wildman–Crippen MR) is 249 cm³/mol. The summed E-state index contributed by atoms with van der Waals surface area (Å²) in [4.78, 5) is 4.64. The highest BCUT2D eigenvalue weighted by Gasteiger charge is 2.21. The first-order valence-corrected chi connectivity index (χ1v) is 20.2. The molecule has 0 aliphatic heterocycles. The van der Waals surface area contributed by atoms with Crippen LogP contribution in [0, 0.1) is 0 Å². The van der Waals surface area contributed by atoms with Gasteiger partial charge in [-0.1, -0.05) is 154 Å². The van der Waals surface area contributed by atoms with Crippen molar-refractivity contribution in [2.24, 2.45) is 0 Å². The maximum atomic E-state index is 2.42. The summed E-state index contributed by atoms with van der Waals surface area (Å²) in [6.07, 6.45) is 0. The van der Waals surface area contributed by atoms with Gasteiger partial charge in [0.1, 0.15) is 0 Å². The Kier molecular flexibility index (Phi) is 8.76. The first-order chi connectivity index (χ1) is 28.4. The summed E-state index contributed by atoms with van der Waals surface area (Å²) in [5.74, 6) is 0. The highest BCUT2D eigenvalue weighted by Crippen LogP contribution is 2.46. The Morgan fingerprint density at radius 2 is 0.638 bits per heavy atom. The lowest BCUT2D eigenvalue weighted by molar-refractivity contribution is 0.591. The van der Waals surface area contributed by atoms with Crippen molar-refractivity contribution >= 4 is 66.4 Å². The maximum Gasteiger partial charge on any atom is 0.0462 e. The molecule has 0 N–H and O–H groups in total. The van der Waals surface area contributed by atoms with Crippen LogP contribution >= 0.6 is 0 Å². The molecule has 0 radical (unpaired) electrons. The molecule has 0 aromatic heterocycles. The number of anilines is 6. The summed E-state index contributed by atoms with van der Waals surface area (Å²) >= 11 is 0. The third-order valence-corrected chi connectivity index (χ3v) is 11.5. The number of nitrogens with zero attached hydrogens (tertiary/aromatic N) is 2. The molecule has 0 bridgehead atoms. The van der Waals surface area contributed by atoms with E-state index in [0.29, 0.717) is 0 Å². The van der Waals surface area contributed by atoms with Crippen molar-refractivity contribution in [2.45, 2.75) is 26.2 Å². The van der Waals surface area contributed by atoms with Crippen molar-refractivity contribution < 1.29 is 0 Å². The molecule has 0 aliphatic carbocycles. The molecule has 2 heteroatoms. The first kappa shape index (κ1) is 35.3. The van der Waals surface area contributed by atoms with Crippen LogP contribution in [-0.4, -0.2) is 0 Å². The molecule has 0 fully saturated rings. The number of hydrogen-bond acceptors (Lipinski definition) is 2. The van der Waals surface area contributed by atoms with E-state index in [1.54, 1.807) is 0 Å². The van der Waals surface area contributed by atoms with E-state index in [0.717, 1.165) is 34.1 Å². The van der Waals surface area contributed by atoms with Crippen LogP contribution in [0.25, 0.3) is 54.6 Å². The molecule has 0 saturated heterocycles. The molecule has 58 heavy (non-hydrogen) atoms. The van der Waals surface area contributed by atoms with E-state index in [2.05, 4.69) is 243 Å². The highest BCUT2D eigenvalue weighted by atomic mass is 15.1. The Bertz CT molecular complexity index is 2710. The summed E-state index contributed by atoms with van der Waals surface area (Å²) < 4.78 is 0. The second-order valence-electron chi connectivity index (χ2n) is 16.2. The molecule has 0 heterocycles. The summed E-state index contributed by atoms with van der Waals surface area (Å²) in [5, 5.41) is 7.77. The molecule has 0 amide bonds. The lowest BCUT2D eigenvalue weighted by Crippen LogP contribution is -2.10. The minimum atomic E-state index is 0.0467. The zero-order valence-corrected chi connectivity index (χ0v) is 33.1. The van der Waals surface area contributed by atoms with Gasteiger partial charge in [-0.25, -0.2) is 0 Å². The first-order valence-electron chi connectivity index (χ1n) is 20.2. The Hall–Kier alpha value is -7.16. The Balaban J connectivity index is 1.15. The fourth-order valence-electron chi connectivity index (χ4n) is 8.61. The molecule has 0 unspecified atom stereocenters. The van der Waals surface area contributed by atoms with E-state index in [9.17, 15) is 0 Å². The van der Waals surface area contributed by atoms with Crippen molar-refractivity contribution in [3.05, 3.63) is 218 Å². The van der Waals surface area contributed by atoms with E-state index in [1.165, 1.54) is 60.1 Å². The van der Waals surface area contributed by atoms with Gasteiger partial charge in [-0.15, -0.1) is 0 Å². The number of rotatable bonds is 8. The van der Waals surface area contributed by atoms with Crippen molar-refractivity contribution in [1.29, 1.82) is 0 Å². The quantitative estimate of drug-likeness (QED) is 0.143. The van der Waals surface area contributed by atoms with E-state index in [4.69, 9.17) is 0 Å². The van der Waals surface area contributed by atoms with Crippen molar-refractivity contribution in [3.8, 4) is 22.3 Å². The van der Waals surface area contributed by atoms with Gasteiger partial charge in [0.15, 0.2) is 0 Å². The smallest absolute Gasteiger partial charge is 0.0462 e. The Morgan fingerprint density at radius 1 is 0.310 bits per heavy atom. The highest BCUT2D eigenvalue weighted by molar-refractivity contribution is 6.28. The van der Waals surface area contributed by atoms with Crippen LogP contribution in [0.15, 0.2) is 212 Å². The minimum absolute atomic E-state index is 0.0467. The number of para-hydroxylation sites is 4. The minimum Gasteiger partial charge on any atom is -0.311 e. The van der Waals surface area contributed by atoms with Gasteiger partial charge in [0.2, 0.25) is 0 Å². The fraction of sp³-hybridized carbons (Fsp3) is 0.0714. The van der Waals surface area contributed by atoms with E-state index in [1.807, 2.05) is 0 Å². The van der Waals surface area contributed by atoms with Gasteiger partial charge in [-0.3, -0.25) is 0 Å². The average molecular weight is 745 g/mol. The van der Waals surface area contributed by atoms with Crippen LogP contribution < -0.4 is 9.80 Å². The summed E-state index contributed by atoms with van der Waals surface area (Å²) in [7, 11) is 0. The second-order valence-corrected chi connectivity index (χ2v) is 16.2. The molecule has 278 valence electrons. The van der Waals surface area contributed by atoms with Gasteiger partial charge in [-0.05, 0) is 144 Å². The normalized spacial score (nSPS) is 11.7. The van der Waals surface area contributed by atoms with Gasteiger partial charge in [0.25, 0.3) is 0 Å². The molecule has 0 spiro atoms. The summed E-state index contributed by atoms with van der Waals surface area (Å²) in [6, 6.07) is 77.3. The number of hydrogen-bond donors (Lipinski definition) is 0. The van der Waals surface area contributed by atoms with Crippen molar-refractivity contribution in [1.82, 2.24) is 0 Å². The summed E-state index contributed by atoms with van der Waals surface area (Å²) in [5.41, 5.74) is 13.0. The van der Waals surface area contributed by atoms with Crippen LogP contribution in [0.4, 0.5) is 34.1 Å². The van der Waals surface area contributed by atoms with Crippen LogP contribution in [0.5, 0.6) is 0 Å². The van der Waals surface area contributed by atoms with E-state index in [-0.39, 0.29) is 5.41 Å². The maximum absolute atomic E-state index is 2.42. The molecular weight excluding hydrogens is 701 g/mol. The third-order valence-electron chi connectivity index (χ3n) is 11.5. The van der Waals surface area contributed by atoms with E-state index < -0.39 is 0 Å². The SMILES string of the molecule is CC(C)(C)c1cc2ccc3c(-c4ccc(N(c5ccccc5)c5ccccc5)cc4)cc(-c4ccc(N(c5ccccc5)c5ccccc5)cc4)c4ccc(c1)c2c34. The molecular formula is C56H44N2. The lowest BCUT2D eigenvalue weighted by Gasteiger charge is -2.26. The molecule has 0 saturated carbocycles. The van der Waals surface area contributed by atoms with Gasteiger partial charge in [0.05, 0.1) is 0 Å². The van der Waals surface area contributed by atoms with Crippen molar-refractivity contribution in [3.63, 3.8) is 0 Å². The van der Waals surface area contributed by atoms with Crippen LogP contribution in [0.1, 0.15) is 26.3 Å². The molecule has 10 aromatic rings. The summed E-state index contributed by atoms with van der Waals surface area (Å²) in [6.45, 7) is 6.91. The zero-order valence-electron chi connectivity index (χ0n) is 33.1. The average Bonchev–Trinajstić information content (AvgIpc) is 3.27. The topological polar surface area (TPSA) is 6.48 Å². The number of benzene rings is 10. The third kappa shape index (κ3) is 6.33. The van der Waals surface area contributed by atoms with Gasteiger partial charge in [-0.2, -0.15) is 0 Å². The van der Waals surface area contributed by atoms with Crippen LogP contribution in [0.3, 0.4) is 0 Å². The molecule has 0 aliphatic rings. The zero-order chi connectivity index (χ0) is 39.2.